The van der Waals surface area contributed by atoms with Crippen LogP contribution in [0.2, 0.25) is 0 Å². The first kappa shape index (κ1) is 24.9. The van der Waals surface area contributed by atoms with Gasteiger partial charge in [0, 0.05) is 44.5 Å². The van der Waals surface area contributed by atoms with Crippen molar-refractivity contribution in [2.75, 3.05) is 26.7 Å². The van der Waals surface area contributed by atoms with Crippen molar-refractivity contribution in [3.8, 4) is 0 Å². The number of halogens is 2. The van der Waals surface area contributed by atoms with Gasteiger partial charge in [-0.15, -0.1) is 24.0 Å². The molecule has 0 spiro atoms. The number of amides is 1. The molecule has 160 valence electrons. The molecule has 3 N–H and O–H groups in total. The van der Waals surface area contributed by atoms with E-state index in [2.05, 4.69) is 32.1 Å². The second kappa shape index (κ2) is 12.4. The third-order valence-electron chi connectivity index (χ3n) is 4.30. The molecule has 0 fully saturated rings. The lowest BCUT2D eigenvalue weighted by Crippen LogP contribution is -2.42. The average Bonchev–Trinajstić information content (AvgIpc) is 2.99. The molecular weight excluding hydrogens is 486 g/mol. The molecular formula is C20H30FIN6O. The molecule has 0 bridgehead atoms. The Bertz CT molecular complexity index is 836. The number of nitrogens with zero attached hydrogens (tertiary/aromatic N) is 3. The third kappa shape index (κ3) is 8.00. The maximum absolute atomic E-state index is 13.5. The molecule has 0 atom stereocenters. The minimum absolute atomic E-state index is 0. The van der Waals surface area contributed by atoms with Crippen LogP contribution in [0.4, 0.5) is 4.39 Å². The van der Waals surface area contributed by atoms with Crippen LogP contribution in [0.25, 0.3) is 0 Å². The van der Waals surface area contributed by atoms with Gasteiger partial charge in [-0.05, 0) is 51.0 Å². The fourth-order valence-electron chi connectivity index (χ4n) is 2.75. The molecule has 0 saturated carbocycles. The molecule has 29 heavy (non-hydrogen) atoms. The van der Waals surface area contributed by atoms with Crippen molar-refractivity contribution in [1.29, 1.82) is 0 Å². The minimum atomic E-state index is -0.379. The van der Waals surface area contributed by atoms with Crippen molar-refractivity contribution in [1.82, 2.24) is 25.7 Å². The number of aromatic nitrogens is 2. The Morgan fingerprint density at radius 3 is 2.41 bits per heavy atom. The standard InChI is InChI=1S/C20H29FN6O.HI/c1-14-6-7-17(13-18(14)21)19(28)23-9-10-25-20(22-4)24-8-5-11-27-16(3)12-15(2)26-27;/h6-7,12-13H,5,8-11H2,1-4H3,(H,23,28)(H2,22,24,25);1H. The highest BCUT2D eigenvalue weighted by molar-refractivity contribution is 14.0. The molecule has 0 radical (unpaired) electrons. The van der Waals surface area contributed by atoms with Crippen molar-refractivity contribution < 1.29 is 9.18 Å². The lowest BCUT2D eigenvalue weighted by atomic mass is 10.1. The lowest BCUT2D eigenvalue weighted by molar-refractivity contribution is 0.0954. The Hall–Kier alpha value is -2.17. The highest BCUT2D eigenvalue weighted by atomic mass is 127. The van der Waals surface area contributed by atoms with E-state index in [9.17, 15) is 9.18 Å². The normalized spacial score (nSPS) is 11.0. The molecule has 9 heteroatoms. The maximum Gasteiger partial charge on any atom is 0.251 e. The van der Waals surface area contributed by atoms with E-state index in [0.29, 0.717) is 30.2 Å². The molecule has 0 aliphatic carbocycles. The van der Waals surface area contributed by atoms with Gasteiger partial charge in [-0.1, -0.05) is 6.07 Å². The van der Waals surface area contributed by atoms with Crippen LogP contribution in [0.15, 0.2) is 29.3 Å². The second-order valence-corrected chi connectivity index (χ2v) is 6.65. The summed E-state index contributed by atoms with van der Waals surface area (Å²) in [5, 5.41) is 13.6. The average molecular weight is 516 g/mol. The summed E-state index contributed by atoms with van der Waals surface area (Å²) >= 11 is 0. The minimum Gasteiger partial charge on any atom is -0.356 e. The van der Waals surface area contributed by atoms with Crippen molar-refractivity contribution in [3.63, 3.8) is 0 Å². The highest BCUT2D eigenvalue weighted by Crippen LogP contribution is 2.08. The molecule has 1 aromatic carbocycles. The zero-order valence-corrected chi connectivity index (χ0v) is 19.7. The Morgan fingerprint density at radius 1 is 1.10 bits per heavy atom. The highest BCUT2D eigenvalue weighted by Gasteiger charge is 2.07. The van der Waals surface area contributed by atoms with Crippen LogP contribution in [0.1, 0.15) is 33.7 Å². The molecule has 1 heterocycles. The first-order valence-corrected chi connectivity index (χ1v) is 9.40. The number of rotatable bonds is 8. The van der Waals surface area contributed by atoms with Gasteiger partial charge in [-0.25, -0.2) is 4.39 Å². The van der Waals surface area contributed by atoms with Gasteiger partial charge < -0.3 is 16.0 Å². The summed E-state index contributed by atoms with van der Waals surface area (Å²) in [6.07, 6.45) is 0.915. The van der Waals surface area contributed by atoms with Crippen LogP contribution >= 0.6 is 24.0 Å². The number of aryl methyl sites for hydroxylation is 4. The molecule has 1 aromatic heterocycles. The fourth-order valence-corrected chi connectivity index (χ4v) is 2.75. The van der Waals surface area contributed by atoms with E-state index in [4.69, 9.17) is 0 Å². The third-order valence-corrected chi connectivity index (χ3v) is 4.30. The summed E-state index contributed by atoms with van der Waals surface area (Å²) in [4.78, 5) is 16.2. The van der Waals surface area contributed by atoms with Gasteiger partial charge in [0.2, 0.25) is 0 Å². The van der Waals surface area contributed by atoms with Gasteiger partial charge in [0.15, 0.2) is 5.96 Å². The zero-order valence-electron chi connectivity index (χ0n) is 17.4. The van der Waals surface area contributed by atoms with E-state index < -0.39 is 0 Å². The zero-order chi connectivity index (χ0) is 20.5. The Balaban J connectivity index is 0.00000420. The summed E-state index contributed by atoms with van der Waals surface area (Å²) in [5.41, 5.74) is 3.02. The molecule has 1 amide bonds. The van der Waals surface area contributed by atoms with E-state index in [1.54, 1.807) is 26.1 Å². The monoisotopic (exact) mass is 516 g/mol. The van der Waals surface area contributed by atoms with E-state index in [1.165, 1.54) is 6.07 Å². The first-order valence-electron chi connectivity index (χ1n) is 9.40. The fraction of sp³-hybridized carbons (Fsp3) is 0.450. The van der Waals surface area contributed by atoms with Crippen LogP contribution in [-0.4, -0.2) is 48.3 Å². The predicted molar refractivity (Wildman–Crippen MR) is 125 cm³/mol. The smallest absolute Gasteiger partial charge is 0.251 e. The second-order valence-electron chi connectivity index (χ2n) is 6.65. The molecule has 2 aromatic rings. The number of carbonyl (C=O) groups excluding carboxylic acids is 1. The molecule has 0 aliphatic rings. The number of nitrogens with one attached hydrogen (secondary N) is 3. The number of benzene rings is 1. The molecule has 0 saturated heterocycles. The van der Waals surface area contributed by atoms with Crippen molar-refractivity contribution in [2.24, 2.45) is 4.99 Å². The van der Waals surface area contributed by atoms with Gasteiger partial charge in [0.25, 0.3) is 5.91 Å². The van der Waals surface area contributed by atoms with E-state index >= 15 is 0 Å². The van der Waals surface area contributed by atoms with E-state index in [0.717, 1.165) is 30.9 Å². The topological polar surface area (TPSA) is 83.3 Å². The first-order chi connectivity index (χ1) is 13.4. The van der Waals surface area contributed by atoms with Crippen LogP contribution in [0.3, 0.4) is 0 Å². The van der Waals surface area contributed by atoms with Crippen LogP contribution in [0, 0.1) is 26.6 Å². The quantitative estimate of drug-likeness (QED) is 0.218. The summed E-state index contributed by atoms with van der Waals surface area (Å²) in [5.74, 6) is -0.00614. The summed E-state index contributed by atoms with van der Waals surface area (Å²) in [7, 11) is 1.70. The van der Waals surface area contributed by atoms with E-state index in [-0.39, 0.29) is 35.7 Å². The van der Waals surface area contributed by atoms with Crippen molar-refractivity contribution in [2.45, 2.75) is 33.7 Å². The van der Waals surface area contributed by atoms with Gasteiger partial charge in [0.1, 0.15) is 5.82 Å². The maximum atomic E-state index is 13.5. The van der Waals surface area contributed by atoms with E-state index in [1.807, 2.05) is 18.5 Å². The van der Waals surface area contributed by atoms with Crippen LogP contribution in [-0.2, 0) is 6.54 Å². The van der Waals surface area contributed by atoms with Crippen molar-refractivity contribution >= 4 is 35.8 Å². The molecule has 7 nitrogen and oxygen atoms in total. The number of aliphatic imine (C=N–C) groups is 1. The number of hydrogen-bond acceptors (Lipinski definition) is 3. The molecule has 0 unspecified atom stereocenters. The lowest BCUT2D eigenvalue weighted by Gasteiger charge is -2.13. The number of carbonyl (C=O) groups is 1. The van der Waals surface area contributed by atoms with Crippen LogP contribution < -0.4 is 16.0 Å². The molecule has 2 rings (SSSR count). The largest absolute Gasteiger partial charge is 0.356 e. The van der Waals surface area contributed by atoms with Gasteiger partial charge in [-0.2, -0.15) is 5.10 Å². The number of hydrogen-bond donors (Lipinski definition) is 3. The van der Waals surface area contributed by atoms with Gasteiger partial charge >= 0.3 is 0 Å². The van der Waals surface area contributed by atoms with Crippen LogP contribution in [0.5, 0.6) is 0 Å². The number of guanidine groups is 1. The Morgan fingerprint density at radius 2 is 1.79 bits per heavy atom. The predicted octanol–water partition coefficient (Wildman–Crippen LogP) is 2.55. The Labute approximate surface area is 188 Å². The SMILES string of the molecule is CN=C(NCCCn1nc(C)cc1C)NCCNC(=O)c1ccc(C)c(F)c1.I. The Kier molecular flexibility index (Phi) is 10.6. The van der Waals surface area contributed by atoms with Gasteiger partial charge in [-0.3, -0.25) is 14.5 Å². The summed E-state index contributed by atoms with van der Waals surface area (Å²) < 4.78 is 15.5. The van der Waals surface area contributed by atoms with Gasteiger partial charge in [0.05, 0.1) is 5.69 Å². The summed E-state index contributed by atoms with van der Waals surface area (Å²) in [6, 6.07) is 6.53. The van der Waals surface area contributed by atoms with Crippen molar-refractivity contribution in [3.05, 3.63) is 52.6 Å². The molecule has 0 aliphatic heterocycles. The summed E-state index contributed by atoms with van der Waals surface area (Å²) in [6.45, 7) is 8.21.